The van der Waals surface area contributed by atoms with Crippen molar-refractivity contribution in [3.8, 4) is 11.8 Å². The van der Waals surface area contributed by atoms with Gasteiger partial charge in [-0.2, -0.15) is 5.26 Å². The molecule has 0 aliphatic carbocycles. The third-order valence-electron chi connectivity index (χ3n) is 2.42. The number of rotatable bonds is 1. The first-order valence-electron chi connectivity index (χ1n) is 4.88. The summed E-state index contributed by atoms with van der Waals surface area (Å²) in [7, 11) is 0. The monoisotopic (exact) mass is 217 g/mol. The lowest BCUT2D eigenvalue weighted by molar-refractivity contribution is -0.125. The number of fused-ring (bicyclic) bond motifs is 1. The van der Waals surface area contributed by atoms with Crippen molar-refractivity contribution in [1.82, 2.24) is 0 Å². The molecule has 2 N–H and O–H groups in total. The molecular formula is C11H11N3O2. The summed E-state index contributed by atoms with van der Waals surface area (Å²) in [5, 5.41) is 8.69. The van der Waals surface area contributed by atoms with Gasteiger partial charge in [-0.1, -0.05) is 0 Å². The van der Waals surface area contributed by atoms with E-state index >= 15 is 0 Å². The summed E-state index contributed by atoms with van der Waals surface area (Å²) in [6.45, 7) is 1.67. The molecular weight excluding hydrogens is 206 g/mol. The Morgan fingerprint density at radius 3 is 3.06 bits per heavy atom. The fourth-order valence-corrected chi connectivity index (χ4v) is 1.66. The van der Waals surface area contributed by atoms with Crippen LogP contribution >= 0.6 is 0 Å². The second-order valence-corrected chi connectivity index (χ2v) is 3.57. The number of nitrogens with two attached hydrogens (primary N) is 1. The van der Waals surface area contributed by atoms with Crippen LogP contribution in [0.4, 0.5) is 11.4 Å². The van der Waals surface area contributed by atoms with E-state index in [1.54, 1.807) is 25.1 Å². The van der Waals surface area contributed by atoms with Crippen molar-refractivity contribution in [1.29, 1.82) is 5.26 Å². The normalized spacial score (nSPS) is 18.6. The van der Waals surface area contributed by atoms with Crippen molar-refractivity contribution in [2.24, 2.45) is 0 Å². The number of hydrogen-bond acceptors (Lipinski definition) is 4. The summed E-state index contributed by atoms with van der Waals surface area (Å²) in [6, 6.07) is 6.98. The highest BCUT2D eigenvalue weighted by Crippen LogP contribution is 2.35. The molecule has 1 heterocycles. The van der Waals surface area contributed by atoms with Crippen LogP contribution in [0.25, 0.3) is 0 Å². The van der Waals surface area contributed by atoms with E-state index in [-0.39, 0.29) is 12.5 Å². The number of anilines is 2. The van der Waals surface area contributed by atoms with Crippen molar-refractivity contribution >= 4 is 17.3 Å². The van der Waals surface area contributed by atoms with Crippen LogP contribution in [0, 0.1) is 11.3 Å². The maximum absolute atomic E-state index is 11.8. The Balaban J connectivity index is 2.48. The Hall–Kier alpha value is -2.22. The number of benzene rings is 1. The highest BCUT2D eigenvalue weighted by atomic mass is 16.5. The van der Waals surface area contributed by atoms with Crippen LogP contribution in [-0.2, 0) is 4.79 Å². The molecule has 1 amide bonds. The van der Waals surface area contributed by atoms with E-state index in [1.165, 1.54) is 4.90 Å². The van der Waals surface area contributed by atoms with E-state index < -0.39 is 6.10 Å². The lowest BCUT2D eigenvalue weighted by Gasteiger charge is -2.31. The smallest absolute Gasteiger partial charge is 0.268 e. The predicted molar refractivity (Wildman–Crippen MR) is 58.9 cm³/mol. The van der Waals surface area contributed by atoms with Gasteiger partial charge < -0.3 is 10.5 Å². The highest BCUT2D eigenvalue weighted by molar-refractivity contribution is 6.00. The van der Waals surface area contributed by atoms with Gasteiger partial charge in [0.15, 0.2) is 6.10 Å². The zero-order valence-electron chi connectivity index (χ0n) is 8.80. The second-order valence-electron chi connectivity index (χ2n) is 3.57. The third-order valence-corrected chi connectivity index (χ3v) is 2.42. The molecule has 1 aromatic rings. The Labute approximate surface area is 93.0 Å². The number of carbonyl (C=O) groups excluding carboxylic acids is 1. The van der Waals surface area contributed by atoms with Gasteiger partial charge in [-0.15, -0.1) is 0 Å². The third kappa shape index (κ3) is 1.54. The number of nitrogens with zero attached hydrogens (tertiary/aromatic N) is 2. The zero-order chi connectivity index (χ0) is 11.7. The van der Waals surface area contributed by atoms with E-state index in [9.17, 15) is 4.79 Å². The van der Waals surface area contributed by atoms with Gasteiger partial charge in [0, 0.05) is 11.8 Å². The second kappa shape index (κ2) is 3.74. The van der Waals surface area contributed by atoms with Crippen molar-refractivity contribution in [2.75, 3.05) is 17.2 Å². The first-order chi connectivity index (χ1) is 7.63. The van der Waals surface area contributed by atoms with E-state index in [0.29, 0.717) is 17.1 Å². The van der Waals surface area contributed by atoms with Crippen LogP contribution in [-0.4, -0.2) is 18.6 Å². The molecule has 2 rings (SSSR count). The summed E-state index contributed by atoms with van der Waals surface area (Å²) >= 11 is 0. The lowest BCUT2D eigenvalue weighted by Crippen LogP contribution is -2.44. The standard InChI is InChI=1S/C11H11N3O2/c1-7-11(15)14(5-4-12)9-3-2-8(13)6-10(9)16-7/h2-3,6-7H,5,13H2,1H3. The van der Waals surface area contributed by atoms with Gasteiger partial charge in [0.25, 0.3) is 5.91 Å². The highest BCUT2D eigenvalue weighted by Gasteiger charge is 2.31. The lowest BCUT2D eigenvalue weighted by atomic mass is 10.1. The Kier molecular flexibility index (Phi) is 2.41. The summed E-state index contributed by atoms with van der Waals surface area (Å²) in [6.07, 6.45) is -0.581. The Morgan fingerprint density at radius 2 is 2.38 bits per heavy atom. The van der Waals surface area contributed by atoms with Gasteiger partial charge >= 0.3 is 0 Å². The molecule has 5 nitrogen and oxygen atoms in total. The van der Waals surface area contributed by atoms with Crippen LogP contribution in [0.5, 0.6) is 5.75 Å². The number of nitriles is 1. The SMILES string of the molecule is CC1Oc2cc(N)ccc2N(CC#N)C1=O. The molecule has 1 aliphatic heterocycles. The molecule has 0 saturated heterocycles. The first kappa shape index (κ1) is 10.3. The maximum Gasteiger partial charge on any atom is 0.268 e. The quantitative estimate of drug-likeness (QED) is 0.560. The fourth-order valence-electron chi connectivity index (χ4n) is 1.66. The van der Waals surface area contributed by atoms with E-state index in [1.807, 2.05) is 6.07 Å². The maximum atomic E-state index is 11.8. The minimum absolute atomic E-state index is 0.0173. The number of carbonyl (C=O) groups is 1. The minimum atomic E-state index is -0.581. The zero-order valence-corrected chi connectivity index (χ0v) is 8.80. The van der Waals surface area contributed by atoms with Crippen LogP contribution in [0.2, 0.25) is 0 Å². The minimum Gasteiger partial charge on any atom is -0.479 e. The average Bonchev–Trinajstić information content (AvgIpc) is 2.24. The van der Waals surface area contributed by atoms with Crippen molar-refractivity contribution < 1.29 is 9.53 Å². The molecule has 0 spiro atoms. The predicted octanol–water partition coefficient (Wildman–Crippen LogP) is 0.906. The molecule has 0 saturated carbocycles. The Bertz CT molecular complexity index is 479. The van der Waals surface area contributed by atoms with E-state index in [2.05, 4.69) is 0 Å². The topological polar surface area (TPSA) is 79.3 Å². The molecule has 0 radical (unpaired) electrons. The summed E-state index contributed by atoms with van der Waals surface area (Å²) in [5.74, 6) is 0.334. The van der Waals surface area contributed by atoms with Crippen LogP contribution in [0.15, 0.2) is 18.2 Å². The number of ether oxygens (including phenoxy) is 1. The summed E-state index contributed by atoms with van der Waals surface area (Å²) < 4.78 is 5.42. The molecule has 5 heteroatoms. The van der Waals surface area contributed by atoms with E-state index in [4.69, 9.17) is 15.7 Å². The van der Waals surface area contributed by atoms with Crippen LogP contribution in [0.1, 0.15) is 6.92 Å². The Morgan fingerprint density at radius 1 is 1.62 bits per heavy atom. The van der Waals surface area contributed by atoms with Crippen molar-refractivity contribution in [3.63, 3.8) is 0 Å². The molecule has 1 aliphatic rings. The molecule has 16 heavy (non-hydrogen) atoms. The molecule has 1 atom stereocenters. The molecule has 1 unspecified atom stereocenters. The average molecular weight is 217 g/mol. The molecule has 1 aromatic carbocycles. The van der Waals surface area contributed by atoms with Crippen LogP contribution < -0.4 is 15.4 Å². The molecule has 82 valence electrons. The van der Waals surface area contributed by atoms with Gasteiger partial charge in [0.05, 0.1) is 11.8 Å². The fraction of sp³-hybridized carbons (Fsp3) is 0.273. The van der Waals surface area contributed by atoms with Gasteiger partial charge in [0.1, 0.15) is 12.3 Å². The summed E-state index contributed by atoms with van der Waals surface area (Å²) in [4.78, 5) is 13.2. The van der Waals surface area contributed by atoms with Crippen molar-refractivity contribution in [2.45, 2.75) is 13.0 Å². The van der Waals surface area contributed by atoms with Gasteiger partial charge in [-0.3, -0.25) is 9.69 Å². The molecule has 0 fully saturated rings. The number of nitrogen functional groups attached to an aromatic ring is 1. The first-order valence-corrected chi connectivity index (χ1v) is 4.88. The largest absolute Gasteiger partial charge is 0.479 e. The molecule has 0 aromatic heterocycles. The summed E-state index contributed by atoms with van der Waals surface area (Å²) in [5.41, 5.74) is 6.80. The van der Waals surface area contributed by atoms with E-state index in [0.717, 1.165) is 0 Å². The van der Waals surface area contributed by atoms with Crippen molar-refractivity contribution in [3.05, 3.63) is 18.2 Å². The number of amides is 1. The molecule has 0 bridgehead atoms. The van der Waals surface area contributed by atoms with Gasteiger partial charge in [0.2, 0.25) is 0 Å². The number of hydrogen-bond donors (Lipinski definition) is 1. The van der Waals surface area contributed by atoms with Gasteiger partial charge in [-0.25, -0.2) is 0 Å². The van der Waals surface area contributed by atoms with Crippen LogP contribution in [0.3, 0.4) is 0 Å². The van der Waals surface area contributed by atoms with Gasteiger partial charge in [-0.05, 0) is 19.1 Å².